The minimum atomic E-state index is 0.727. The van der Waals surface area contributed by atoms with Crippen LogP contribution >= 0.6 is 22.7 Å². The molecule has 6 heteroatoms. The van der Waals surface area contributed by atoms with Crippen molar-refractivity contribution in [2.24, 2.45) is 0 Å². The van der Waals surface area contributed by atoms with Crippen LogP contribution in [0, 0.1) is 0 Å². The first-order chi connectivity index (χ1) is 19.7. The molecule has 0 N–H and O–H groups in total. The summed E-state index contributed by atoms with van der Waals surface area (Å²) >= 11 is 3.38. The lowest BCUT2D eigenvalue weighted by Crippen LogP contribution is -2.02. The Bertz CT molecular complexity index is 830. The molecule has 0 aromatic carbocycles. The Morgan fingerprint density at radius 1 is 0.450 bits per heavy atom. The molecule has 0 bridgehead atoms. The molecular weight excluding hydrogens is 537 g/mol. The van der Waals surface area contributed by atoms with Crippen molar-refractivity contribution in [1.29, 1.82) is 0 Å². The van der Waals surface area contributed by atoms with Crippen LogP contribution in [0.4, 0.5) is 0 Å². The van der Waals surface area contributed by atoms with Gasteiger partial charge in [0.15, 0.2) is 23.0 Å². The minimum absolute atomic E-state index is 0.727. The van der Waals surface area contributed by atoms with Crippen LogP contribution in [-0.2, 0) is 0 Å². The number of unbranched alkanes of at least 4 members (excludes halogenated alkanes) is 12. The molecule has 0 saturated heterocycles. The number of hydrogen-bond donors (Lipinski definition) is 0. The molecule has 0 aliphatic carbocycles. The van der Waals surface area contributed by atoms with Crippen LogP contribution in [0.5, 0.6) is 23.0 Å². The van der Waals surface area contributed by atoms with Gasteiger partial charge in [0.2, 0.25) is 0 Å². The summed E-state index contributed by atoms with van der Waals surface area (Å²) in [5.74, 6) is 3.54. The highest BCUT2D eigenvalue weighted by Gasteiger charge is 2.16. The molecule has 228 valence electrons. The molecule has 0 aliphatic rings. The summed E-state index contributed by atoms with van der Waals surface area (Å²) in [5.41, 5.74) is 0. The van der Waals surface area contributed by atoms with Gasteiger partial charge < -0.3 is 18.9 Å². The van der Waals surface area contributed by atoms with E-state index in [-0.39, 0.29) is 0 Å². The monoisotopic (exact) mass is 592 g/mol. The van der Waals surface area contributed by atoms with Crippen molar-refractivity contribution < 1.29 is 18.9 Å². The smallest absolute Gasteiger partial charge is 0.179 e. The zero-order valence-corrected chi connectivity index (χ0v) is 27.5. The van der Waals surface area contributed by atoms with Crippen LogP contribution < -0.4 is 18.9 Å². The van der Waals surface area contributed by atoms with Gasteiger partial charge in [0.25, 0.3) is 0 Å². The number of hydrogen-bond acceptors (Lipinski definition) is 6. The maximum absolute atomic E-state index is 6.33. The third-order valence-corrected chi connectivity index (χ3v) is 8.68. The van der Waals surface area contributed by atoms with E-state index in [9.17, 15) is 0 Å². The molecule has 0 fully saturated rings. The Hall–Kier alpha value is -1.66. The number of thiophene rings is 2. The van der Waals surface area contributed by atoms with Gasteiger partial charge in [-0.25, -0.2) is 0 Å². The van der Waals surface area contributed by atoms with Crippen molar-refractivity contribution in [3.05, 3.63) is 20.5 Å². The highest BCUT2D eigenvalue weighted by atomic mass is 32.1. The Kier molecular flexibility index (Phi) is 19.8. The molecule has 2 heterocycles. The first kappa shape index (κ1) is 34.5. The molecular formula is C34H56O4S2. The van der Waals surface area contributed by atoms with Gasteiger partial charge in [-0.2, -0.15) is 0 Å². The van der Waals surface area contributed by atoms with Crippen molar-refractivity contribution in [1.82, 2.24) is 0 Å². The molecule has 0 radical (unpaired) electrons. The van der Waals surface area contributed by atoms with E-state index in [1.807, 2.05) is 0 Å². The van der Waals surface area contributed by atoms with Crippen LogP contribution in [0.1, 0.15) is 140 Å². The van der Waals surface area contributed by atoms with Crippen molar-refractivity contribution in [2.45, 2.75) is 130 Å². The topological polar surface area (TPSA) is 36.9 Å². The fraction of sp³-hybridized carbons (Fsp3) is 0.706. The summed E-state index contributed by atoms with van der Waals surface area (Å²) in [6.07, 6.45) is 23.4. The van der Waals surface area contributed by atoms with Gasteiger partial charge in [-0.1, -0.05) is 105 Å². The predicted octanol–water partition coefficient (Wildman–Crippen LogP) is 11.8. The zero-order valence-electron chi connectivity index (χ0n) is 25.9. The van der Waals surface area contributed by atoms with E-state index in [2.05, 4.69) is 50.6 Å². The summed E-state index contributed by atoms with van der Waals surface area (Å²) in [5, 5.41) is 4.20. The molecule has 4 nitrogen and oxygen atoms in total. The summed E-state index contributed by atoms with van der Waals surface area (Å²) < 4.78 is 25.0. The highest BCUT2D eigenvalue weighted by molar-refractivity contribution is 7.12. The standard InChI is InChI=1S/C34H56O4S2/c1-5-9-13-17-23-35-29-27-39-31(33(29)37-25-19-15-11-7-3)21-22-32-34(38-26-20-16-12-8-4)30(28-40-32)36-24-18-14-10-6-2/h21-22,27-28H,5-20,23-26H2,1-4H3/b22-21+. The summed E-state index contributed by atoms with van der Waals surface area (Å²) in [4.78, 5) is 2.20. The van der Waals surface area contributed by atoms with Crippen LogP contribution in [0.25, 0.3) is 12.2 Å². The maximum atomic E-state index is 6.33. The first-order valence-electron chi connectivity index (χ1n) is 16.2. The molecule has 0 spiro atoms. The Morgan fingerprint density at radius 3 is 1.10 bits per heavy atom. The van der Waals surface area contributed by atoms with Crippen molar-refractivity contribution in [2.75, 3.05) is 26.4 Å². The Balaban J connectivity index is 2.13. The van der Waals surface area contributed by atoms with Crippen LogP contribution in [-0.4, -0.2) is 26.4 Å². The van der Waals surface area contributed by atoms with Crippen LogP contribution in [0.3, 0.4) is 0 Å². The number of ether oxygens (including phenoxy) is 4. The van der Waals surface area contributed by atoms with Gasteiger partial charge in [0.05, 0.1) is 36.2 Å². The second-order valence-electron chi connectivity index (χ2n) is 10.6. The van der Waals surface area contributed by atoms with Gasteiger partial charge in [0.1, 0.15) is 0 Å². The second kappa shape index (κ2) is 23.0. The van der Waals surface area contributed by atoms with E-state index in [0.29, 0.717) is 0 Å². The average molecular weight is 593 g/mol. The van der Waals surface area contributed by atoms with Gasteiger partial charge >= 0.3 is 0 Å². The molecule has 0 aliphatic heterocycles. The van der Waals surface area contributed by atoms with Crippen molar-refractivity contribution in [3.63, 3.8) is 0 Å². The first-order valence-corrected chi connectivity index (χ1v) is 17.9. The lowest BCUT2D eigenvalue weighted by molar-refractivity contribution is 0.260. The molecule has 0 unspecified atom stereocenters. The van der Waals surface area contributed by atoms with Gasteiger partial charge in [0, 0.05) is 10.8 Å². The fourth-order valence-corrected chi connectivity index (χ4v) is 6.03. The largest absolute Gasteiger partial charge is 0.489 e. The van der Waals surface area contributed by atoms with E-state index in [0.717, 1.165) is 84.9 Å². The van der Waals surface area contributed by atoms with Crippen molar-refractivity contribution in [3.8, 4) is 23.0 Å². The molecule has 0 atom stereocenters. The molecule has 2 aromatic rings. The van der Waals surface area contributed by atoms with E-state index < -0.39 is 0 Å². The van der Waals surface area contributed by atoms with Gasteiger partial charge in [-0.15, -0.1) is 22.7 Å². The SMILES string of the molecule is CCCCCCOc1csc(/C=C/c2scc(OCCCCCC)c2OCCCCCC)c1OCCCCCC. The molecule has 40 heavy (non-hydrogen) atoms. The minimum Gasteiger partial charge on any atom is -0.489 e. The second-order valence-corrected chi connectivity index (χ2v) is 12.4. The summed E-state index contributed by atoms with van der Waals surface area (Å²) in [6.45, 7) is 11.9. The third-order valence-electron chi connectivity index (χ3n) is 6.87. The summed E-state index contributed by atoms with van der Waals surface area (Å²) in [7, 11) is 0. The lowest BCUT2D eigenvalue weighted by Gasteiger charge is -2.11. The Labute approximate surface area is 253 Å². The molecule has 0 amide bonds. The Morgan fingerprint density at radius 2 is 0.775 bits per heavy atom. The summed E-state index contributed by atoms with van der Waals surface area (Å²) in [6, 6.07) is 0. The molecule has 0 saturated carbocycles. The molecule has 2 aromatic heterocycles. The van der Waals surface area contributed by atoms with E-state index in [1.54, 1.807) is 22.7 Å². The van der Waals surface area contributed by atoms with E-state index in [1.165, 1.54) is 77.0 Å². The van der Waals surface area contributed by atoms with Crippen LogP contribution in [0.15, 0.2) is 10.8 Å². The maximum Gasteiger partial charge on any atom is 0.179 e. The van der Waals surface area contributed by atoms with Gasteiger partial charge in [-0.05, 0) is 37.8 Å². The fourth-order valence-electron chi connectivity index (χ4n) is 4.38. The van der Waals surface area contributed by atoms with E-state index in [4.69, 9.17) is 18.9 Å². The lowest BCUT2D eigenvalue weighted by atomic mass is 10.2. The van der Waals surface area contributed by atoms with Gasteiger partial charge in [-0.3, -0.25) is 0 Å². The van der Waals surface area contributed by atoms with Crippen LogP contribution in [0.2, 0.25) is 0 Å². The van der Waals surface area contributed by atoms with E-state index >= 15 is 0 Å². The van der Waals surface area contributed by atoms with Crippen molar-refractivity contribution >= 4 is 34.8 Å². The third kappa shape index (κ3) is 13.8. The zero-order chi connectivity index (χ0) is 28.7. The normalized spacial score (nSPS) is 11.4. The molecule has 2 rings (SSSR count). The highest BCUT2D eigenvalue weighted by Crippen LogP contribution is 2.42. The quantitative estimate of drug-likeness (QED) is 0.102. The predicted molar refractivity (Wildman–Crippen MR) is 176 cm³/mol. The average Bonchev–Trinajstić information content (AvgIpc) is 3.54. The number of rotatable bonds is 26.